The van der Waals surface area contributed by atoms with Crippen molar-refractivity contribution in [2.75, 3.05) is 26.7 Å². The Morgan fingerprint density at radius 1 is 1.26 bits per heavy atom. The van der Waals surface area contributed by atoms with Crippen molar-refractivity contribution in [2.45, 2.75) is 63.8 Å². The van der Waals surface area contributed by atoms with Gasteiger partial charge in [-0.15, -0.1) is 0 Å². The maximum atomic E-state index is 11.3. The molecule has 0 atom stereocenters. The number of hydrogen-bond donors (Lipinski definition) is 2. The zero-order valence-corrected chi connectivity index (χ0v) is 12.7. The number of nitrogens with two attached hydrogens (primary N) is 1. The van der Waals surface area contributed by atoms with Gasteiger partial charge in [0.1, 0.15) is 0 Å². The molecule has 0 bridgehead atoms. The molecule has 1 aliphatic rings. The molecule has 1 saturated carbocycles. The third kappa shape index (κ3) is 4.77. The number of nitrogens with zero attached hydrogens (tertiary/aromatic N) is 1. The average molecular weight is 269 g/mol. The van der Waals surface area contributed by atoms with Crippen molar-refractivity contribution in [3.05, 3.63) is 0 Å². The van der Waals surface area contributed by atoms with E-state index < -0.39 is 0 Å². The molecule has 0 aliphatic heterocycles. The molecule has 112 valence electrons. The zero-order valence-electron chi connectivity index (χ0n) is 12.7. The lowest BCUT2D eigenvalue weighted by Crippen LogP contribution is -2.55. The summed E-state index contributed by atoms with van der Waals surface area (Å²) in [4.78, 5) is 13.9. The van der Waals surface area contributed by atoms with Gasteiger partial charge in [-0.3, -0.25) is 9.69 Å². The van der Waals surface area contributed by atoms with Gasteiger partial charge < -0.3 is 11.1 Å². The van der Waals surface area contributed by atoms with Crippen LogP contribution in [0.4, 0.5) is 0 Å². The van der Waals surface area contributed by atoms with Crippen LogP contribution in [0.25, 0.3) is 0 Å². The van der Waals surface area contributed by atoms with Crippen molar-refractivity contribution < 1.29 is 4.79 Å². The van der Waals surface area contributed by atoms with E-state index in [-0.39, 0.29) is 11.4 Å². The molecule has 0 aromatic carbocycles. The third-order valence-electron chi connectivity index (χ3n) is 4.44. The molecule has 0 saturated heterocycles. The molecule has 0 heterocycles. The molecular weight excluding hydrogens is 238 g/mol. The average Bonchev–Trinajstić information content (AvgIpc) is 2.46. The smallest absolute Gasteiger partial charge is 0.219 e. The van der Waals surface area contributed by atoms with Crippen molar-refractivity contribution in [3.8, 4) is 0 Å². The molecule has 4 nitrogen and oxygen atoms in total. The number of hydrogen-bond acceptors (Lipinski definition) is 3. The summed E-state index contributed by atoms with van der Waals surface area (Å²) in [5, 5.41) is 2.69. The Morgan fingerprint density at radius 3 is 2.47 bits per heavy atom. The van der Waals surface area contributed by atoms with E-state index in [0.717, 1.165) is 32.5 Å². The van der Waals surface area contributed by atoms with Gasteiger partial charge in [0.2, 0.25) is 5.91 Å². The Balaban J connectivity index is 2.55. The molecule has 1 fully saturated rings. The monoisotopic (exact) mass is 269 g/mol. The summed E-state index contributed by atoms with van der Waals surface area (Å²) in [6.45, 7) is 5.08. The number of rotatable bonds is 8. The first kappa shape index (κ1) is 16.4. The molecule has 3 N–H and O–H groups in total. The fraction of sp³-hybridized carbons (Fsp3) is 0.933. The van der Waals surface area contributed by atoms with Gasteiger partial charge in [-0.1, -0.05) is 26.2 Å². The van der Waals surface area contributed by atoms with E-state index in [1.807, 2.05) is 0 Å². The molecule has 0 aromatic heterocycles. The highest BCUT2D eigenvalue weighted by molar-refractivity contribution is 5.75. The van der Waals surface area contributed by atoms with Crippen LogP contribution in [0, 0.1) is 0 Å². The Bertz CT molecular complexity index is 262. The summed E-state index contributed by atoms with van der Waals surface area (Å²) in [6.07, 6.45) is 9.10. The second-order valence-electron chi connectivity index (χ2n) is 5.75. The summed E-state index contributed by atoms with van der Waals surface area (Å²) in [5.74, 6) is 0.141. The summed E-state index contributed by atoms with van der Waals surface area (Å²) >= 11 is 0. The highest BCUT2D eigenvalue weighted by Crippen LogP contribution is 2.33. The van der Waals surface area contributed by atoms with E-state index in [1.54, 1.807) is 7.05 Å². The predicted molar refractivity (Wildman–Crippen MR) is 80.0 cm³/mol. The van der Waals surface area contributed by atoms with Gasteiger partial charge in [-0.05, 0) is 38.8 Å². The lowest BCUT2D eigenvalue weighted by Gasteiger charge is -2.46. The van der Waals surface area contributed by atoms with Gasteiger partial charge in [0.25, 0.3) is 0 Å². The molecule has 0 unspecified atom stereocenters. The maximum Gasteiger partial charge on any atom is 0.219 e. The largest absolute Gasteiger partial charge is 0.359 e. The van der Waals surface area contributed by atoms with E-state index in [4.69, 9.17) is 5.73 Å². The van der Waals surface area contributed by atoms with Gasteiger partial charge >= 0.3 is 0 Å². The minimum Gasteiger partial charge on any atom is -0.359 e. The van der Waals surface area contributed by atoms with Crippen molar-refractivity contribution in [1.29, 1.82) is 0 Å². The van der Waals surface area contributed by atoms with Crippen molar-refractivity contribution in [3.63, 3.8) is 0 Å². The second-order valence-corrected chi connectivity index (χ2v) is 5.75. The van der Waals surface area contributed by atoms with Crippen molar-refractivity contribution >= 4 is 5.91 Å². The third-order valence-corrected chi connectivity index (χ3v) is 4.44. The first-order chi connectivity index (χ1) is 9.18. The highest BCUT2D eigenvalue weighted by atomic mass is 16.1. The molecule has 1 amide bonds. The predicted octanol–water partition coefficient (Wildman–Crippen LogP) is 1.89. The first-order valence-corrected chi connectivity index (χ1v) is 7.84. The molecule has 0 radical (unpaired) electrons. The van der Waals surface area contributed by atoms with Crippen LogP contribution < -0.4 is 11.1 Å². The Labute approximate surface area is 118 Å². The normalized spacial score (nSPS) is 18.5. The summed E-state index contributed by atoms with van der Waals surface area (Å²) < 4.78 is 0. The van der Waals surface area contributed by atoms with Crippen LogP contribution in [0.2, 0.25) is 0 Å². The molecule has 0 aromatic rings. The number of amides is 1. The minimum absolute atomic E-state index is 0.141. The van der Waals surface area contributed by atoms with Crippen molar-refractivity contribution in [1.82, 2.24) is 10.2 Å². The molecule has 4 heteroatoms. The summed E-state index contributed by atoms with van der Waals surface area (Å²) in [7, 11) is 1.70. The Hall–Kier alpha value is -0.610. The SMILES string of the molecule is CCCN(CCCC(=O)NC)C1(CN)CCCCC1. The second kappa shape index (κ2) is 8.54. The lowest BCUT2D eigenvalue weighted by molar-refractivity contribution is -0.120. The maximum absolute atomic E-state index is 11.3. The van der Waals surface area contributed by atoms with Crippen LogP contribution >= 0.6 is 0 Å². The molecule has 1 rings (SSSR count). The van der Waals surface area contributed by atoms with Crippen LogP contribution in [-0.2, 0) is 4.79 Å². The summed E-state index contributed by atoms with van der Waals surface area (Å²) in [6, 6.07) is 0. The minimum atomic E-state index is 0.141. The van der Waals surface area contributed by atoms with Crippen LogP contribution in [0.1, 0.15) is 58.3 Å². The van der Waals surface area contributed by atoms with E-state index in [1.165, 1.54) is 32.1 Å². The Morgan fingerprint density at radius 2 is 1.95 bits per heavy atom. The topological polar surface area (TPSA) is 58.4 Å². The molecular formula is C15H31N3O. The standard InChI is InChI=1S/C15H31N3O/c1-3-11-18(12-7-8-14(19)17-2)15(13-16)9-5-4-6-10-15/h3-13,16H2,1-2H3,(H,17,19). The van der Waals surface area contributed by atoms with E-state index in [2.05, 4.69) is 17.1 Å². The van der Waals surface area contributed by atoms with Gasteiger partial charge in [0.05, 0.1) is 0 Å². The van der Waals surface area contributed by atoms with E-state index >= 15 is 0 Å². The number of nitrogens with one attached hydrogen (secondary N) is 1. The van der Waals surface area contributed by atoms with Crippen LogP contribution in [-0.4, -0.2) is 43.0 Å². The van der Waals surface area contributed by atoms with Crippen LogP contribution in [0.15, 0.2) is 0 Å². The van der Waals surface area contributed by atoms with E-state index in [0.29, 0.717) is 6.42 Å². The van der Waals surface area contributed by atoms with Gasteiger partial charge in [0, 0.05) is 25.6 Å². The summed E-state index contributed by atoms with van der Waals surface area (Å²) in [5.41, 5.74) is 6.31. The van der Waals surface area contributed by atoms with Crippen molar-refractivity contribution in [2.24, 2.45) is 5.73 Å². The number of carbonyl (C=O) groups is 1. The zero-order chi connectivity index (χ0) is 14.1. The Kier molecular flexibility index (Phi) is 7.39. The quantitative estimate of drug-likeness (QED) is 0.707. The highest BCUT2D eigenvalue weighted by Gasteiger charge is 2.35. The fourth-order valence-electron chi connectivity index (χ4n) is 3.27. The van der Waals surface area contributed by atoms with Gasteiger partial charge in [-0.25, -0.2) is 0 Å². The molecule has 1 aliphatic carbocycles. The molecule has 0 spiro atoms. The van der Waals surface area contributed by atoms with Gasteiger partial charge in [0.15, 0.2) is 0 Å². The van der Waals surface area contributed by atoms with Gasteiger partial charge in [-0.2, -0.15) is 0 Å². The van der Waals surface area contributed by atoms with E-state index in [9.17, 15) is 4.79 Å². The lowest BCUT2D eigenvalue weighted by atomic mass is 9.80. The van der Waals surface area contributed by atoms with Crippen LogP contribution in [0.3, 0.4) is 0 Å². The fourth-order valence-corrected chi connectivity index (χ4v) is 3.27. The molecule has 19 heavy (non-hydrogen) atoms. The number of carbonyl (C=O) groups excluding carboxylic acids is 1. The first-order valence-electron chi connectivity index (χ1n) is 7.84. The van der Waals surface area contributed by atoms with Crippen LogP contribution in [0.5, 0.6) is 0 Å².